The van der Waals surface area contributed by atoms with Gasteiger partial charge in [0.2, 0.25) is 0 Å². The number of pyridine rings is 1. The van der Waals surface area contributed by atoms with Gasteiger partial charge in [0.25, 0.3) is 0 Å². The summed E-state index contributed by atoms with van der Waals surface area (Å²) in [5.41, 5.74) is 1.64. The number of aliphatic hydroxyl groups excluding tert-OH is 1. The minimum absolute atomic E-state index is 0.116. The first kappa shape index (κ1) is 19.1. The Morgan fingerprint density at radius 3 is 2.48 bits per heavy atom. The van der Waals surface area contributed by atoms with Crippen molar-refractivity contribution >= 4 is 21.3 Å². The molecule has 0 aliphatic heterocycles. The van der Waals surface area contributed by atoms with Gasteiger partial charge in [0.15, 0.2) is 15.9 Å². The van der Waals surface area contributed by atoms with E-state index in [9.17, 15) is 18.3 Å². The molecule has 0 bridgehead atoms. The van der Waals surface area contributed by atoms with Crippen molar-refractivity contribution in [3.05, 3.63) is 71.5 Å². The Hall–Kier alpha value is -2.64. The Kier molecular flexibility index (Phi) is 5.34. The summed E-state index contributed by atoms with van der Waals surface area (Å²) in [6, 6.07) is 14.0. The van der Waals surface area contributed by atoms with Crippen LogP contribution in [0.1, 0.15) is 29.8 Å². The second-order valence-electron chi connectivity index (χ2n) is 6.19. The van der Waals surface area contributed by atoms with Gasteiger partial charge in [-0.15, -0.1) is 0 Å². The normalized spacial score (nSPS) is 12.9. The van der Waals surface area contributed by atoms with E-state index in [0.29, 0.717) is 16.6 Å². The highest BCUT2D eigenvalue weighted by Gasteiger charge is 2.31. The van der Waals surface area contributed by atoms with Gasteiger partial charge in [-0.1, -0.05) is 36.4 Å². The number of benzene rings is 1. The standard InChI is InChI=1S/C20H21NO5S/c1-3-26-20(23)18(22)17-14(2)19(16-11-7-8-12-21(16)17)27(24,25)13-15-9-5-4-6-10-15/h4-12,18,22H,3,13H2,1-2H3. The number of fused-ring (bicyclic) bond motifs is 1. The van der Waals surface area contributed by atoms with Crippen LogP contribution in [-0.2, 0) is 25.1 Å². The second kappa shape index (κ2) is 7.54. The number of esters is 1. The lowest BCUT2D eigenvalue weighted by Crippen LogP contribution is -2.18. The Bertz CT molecular complexity index is 1070. The fraction of sp³-hybridized carbons (Fsp3) is 0.250. The number of aliphatic hydroxyl groups is 1. The van der Waals surface area contributed by atoms with Crippen LogP contribution >= 0.6 is 0 Å². The number of aromatic nitrogens is 1. The molecule has 2 aromatic heterocycles. The number of carbonyl (C=O) groups is 1. The average molecular weight is 387 g/mol. The van der Waals surface area contributed by atoms with Gasteiger partial charge >= 0.3 is 5.97 Å². The van der Waals surface area contributed by atoms with Crippen LogP contribution in [0.15, 0.2) is 59.6 Å². The second-order valence-corrected chi connectivity index (χ2v) is 8.12. The van der Waals surface area contributed by atoms with E-state index in [1.807, 2.05) is 6.07 Å². The molecule has 0 fully saturated rings. The Labute approximate surface area is 157 Å². The summed E-state index contributed by atoms with van der Waals surface area (Å²) >= 11 is 0. The molecule has 0 amide bonds. The molecule has 0 aliphatic rings. The number of rotatable bonds is 6. The van der Waals surface area contributed by atoms with Gasteiger partial charge < -0.3 is 14.2 Å². The third-order valence-electron chi connectivity index (χ3n) is 4.36. The first-order valence-corrected chi connectivity index (χ1v) is 10.2. The van der Waals surface area contributed by atoms with Gasteiger partial charge in [-0.2, -0.15) is 0 Å². The van der Waals surface area contributed by atoms with Gasteiger partial charge in [0.1, 0.15) is 0 Å². The van der Waals surface area contributed by atoms with Crippen molar-refractivity contribution in [1.29, 1.82) is 0 Å². The zero-order valence-electron chi connectivity index (χ0n) is 15.1. The fourth-order valence-corrected chi connectivity index (χ4v) is 5.09. The number of carbonyl (C=O) groups excluding carboxylic acids is 1. The first-order chi connectivity index (χ1) is 12.9. The van der Waals surface area contributed by atoms with Crippen LogP contribution in [-0.4, -0.2) is 30.5 Å². The number of ether oxygens (including phenoxy) is 1. The minimum Gasteiger partial charge on any atom is -0.464 e. The number of nitrogens with zero attached hydrogens (tertiary/aromatic N) is 1. The quantitative estimate of drug-likeness (QED) is 0.658. The fourth-order valence-electron chi connectivity index (χ4n) is 3.26. The van der Waals surface area contributed by atoms with E-state index in [-0.39, 0.29) is 22.9 Å². The highest BCUT2D eigenvalue weighted by molar-refractivity contribution is 7.91. The molecule has 1 unspecified atom stereocenters. The lowest BCUT2D eigenvalue weighted by molar-refractivity contribution is -0.153. The molecule has 1 atom stereocenters. The SMILES string of the molecule is CCOC(=O)C(O)c1c(C)c(S(=O)(=O)Cc2ccccc2)c2ccccn12. The van der Waals surface area contributed by atoms with E-state index in [2.05, 4.69) is 0 Å². The molecule has 2 heterocycles. The molecule has 0 saturated heterocycles. The van der Waals surface area contributed by atoms with E-state index in [0.717, 1.165) is 0 Å². The zero-order chi connectivity index (χ0) is 19.6. The Morgan fingerprint density at radius 2 is 1.81 bits per heavy atom. The van der Waals surface area contributed by atoms with Gasteiger partial charge in [-0.05, 0) is 37.1 Å². The summed E-state index contributed by atoms with van der Waals surface area (Å²) in [5.74, 6) is -0.978. The van der Waals surface area contributed by atoms with Crippen molar-refractivity contribution in [3.63, 3.8) is 0 Å². The van der Waals surface area contributed by atoms with Gasteiger partial charge in [-0.25, -0.2) is 13.2 Å². The zero-order valence-corrected chi connectivity index (χ0v) is 15.9. The smallest absolute Gasteiger partial charge is 0.341 e. The third-order valence-corrected chi connectivity index (χ3v) is 6.21. The average Bonchev–Trinajstić information content (AvgIpc) is 2.94. The molecular formula is C20H21NO5S. The summed E-state index contributed by atoms with van der Waals surface area (Å²) in [6.45, 7) is 3.36. The van der Waals surface area contributed by atoms with E-state index < -0.39 is 21.9 Å². The molecule has 0 spiro atoms. The Balaban J connectivity index is 2.17. The van der Waals surface area contributed by atoms with Crippen LogP contribution in [0.5, 0.6) is 0 Å². The number of sulfone groups is 1. The molecule has 1 N–H and O–H groups in total. The van der Waals surface area contributed by atoms with Crippen LogP contribution in [0.4, 0.5) is 0 Å². The van der Waals surface area contributed by atoms with Gasteiger partial charge in [0.05, 0.1) is 28.5 Å². The van der Waals surface area contributed by atoms with E-state index in [4.69, 9.17) is 4.74 Å². The monoisotopic (exact) mass is 387 g/mol. The lowest BCUT2D eigenvalue weighted by atomic mass is 10.2. The van der Waals surface area contributed by atoms with Gasteiger partial charge in [0, 0.05) is 6.20 Å². The van der Waals surface area contributed by atoms with Crippen molar-refractivity contribution in [3.8, 4) is 0 Å². The summed E-state index contributed by atoms with van der Waals surface area (Å²) < 4.78 is 32.8. The van der Waals surface area contributed by atoms with E-state index in [1.165, 1.54) is 4.40 Å². The van der Waals surface area contributed by atoms with Crippen LogP contribution in [0.2, 0.25) is 0 Å². The van der Waals surface area contributed by atoms with Crippen LogP contribution in [0, 0.1) is 6.92 Å². The molecule has 7 heteroatoms. The highest BCUT2D eigenvalue weighted by atomic mass is 32.2. The molecular weight excluding hydrogens is 366 g/mol. The topological polar surface area (TPSA) is 85.1 Å². The third kappa shape index (κ3) is 3.61. The predicted molar refractivity (Wildman–Crippen MR) is 101 cm³/mol. The number of hydrogen-bond acceptors (Lipinski definition) is 5. The largest absolute Gasteiger partial charge is 0.464 e. The molecule has 3 aromatic rings. The Morgan fingerprint density at radius 1 is 1.15 bits per heavy atom. The molecule has 0 radical (unpaired) electrons. The maximum absolute atomic E-state index is 13.2. The minimum atomic E-state index is -3.71. The first-order valence-electron chi connectivity index (χ1n) is 8.57. The van der Waals surface area contributed by atoms with Crippen molar-refractivity contribution in [2.24, 2.45) is 0 Å². The maximum Gasteiger partial charge on any atom is 0.341 e. The maximum atomic E-state index is 13.2. The molecule has 142 valence electrons. The summed E-state index contributed by atoms with van der Waals surface area (Å²) in [6.07, 6.45) is 0.0577. The molecule has 1 aromatic carbocycles. The van der Waals surface area contributed by atoms with Crippen molar-refractivity contribution in [2.75, 3.05) is 6.61 Å². The molecule has 6 nitrogen and oxygen atoms in total. The molecule has 27 heavy (non-hydrogen) atoms. The van der Waals surface area contributed by atoms with E-state index in [1.54, 1.807) is 62.5 Å². The van der Waals surface area contributed by atoms with Crippen LogP contribution in [0.3, 0.4) is 0 Å². The lowest BCUT2D eigenvalue weighted by Gasteiger charge is -2.11. The summed E-state index contributed by atoms with van der Waals surface area (Å²) in [7, 11) is -3.71. The number of hydrogen-bond donors (Lipinski definition) is 1. The van der Waals surface area contributed by atoms with E-state index >= 15 is 0 Å². The summed E-state index contributed by atoms with van der Waals surface area (Å²) in [4.78, 5) is 12.2. The summed E-state index contributed by atoms with van der Waals surface area (Å²) in [5, 5.41) is 10.5. The van der Waals surface area contributed by atoms with Crippen molar-refractivity contribution in [1.82, 2.24) is 4.40 Å². The predicted octanol–water partition coefficient (Wildman–Crippen LogP) is 2.82. The highest BCUT2D eigenvalue weighted by Crippen LogP contribution is 2.33. The molecule has 0 aliphatic carbocycles. The van der Waals surface area contributed by atoms with Crippen molar-refractivity contribution in [2.45, 2.75) is 30.6 Å². The van der Waals surface area contributed by atoms with Crippen LogP contribution < -0.4 is 0 Å². The van der Waals surface area contributed by atoms with Crippen LogP contribution in [0.25, 0.3) is 5.52 Å². The molecule has 3 rings (SSSR count). The van der Waals surface area contributed by atoms with Gasteiger partial charge in [-0.3, -0.25) is 0 Å². The van der Waals surface area contributed by atoms with Crippen molar-refractivity contribution < 1.29 is 23.1 Å². The molecule has 0 saturated carbocycles.